The van der Waals surface area contributed by atoms with Gasteiger partial charge in [-0.3, -0.25) is 14.9 Å². The second-order valence-corrected chi connectivity index (χ2v) is 6.45. The van der Waals surface area contributed by atoms with E-state index in [0.29, 0.717) is 18.3 Å². The summed E-state index contributed by atoms with van der Waals surface area (Å²) in [6, 6.07) is 6.35. The van der Waals surface area contributed by atoms with Crippen molar-refractivity contribution in [2.75, 3.05) is 25.0 Å². The molecule has 0 unspecified atom stereocenters. The van der Waals surface area contributed by atoms with Crippen LogP contribution in [0.5, 0.6) is 0 Å². The Balaban J connectivity index is 1.51. The van der Waals surface area contributed by atoms with Crippen LogP contribution < -0.4 is 5.32 Å². The Morgan fingerprint density at radius 1 is 1.33 bits per heavy atom. The minimum Gasteiger partial charge on any atom is -0.463 e. The fourth-order valence-electron chi connectivity index (χ4n) is 3.09. The largest absolute Gasteiger partial charge is 0.463 e. The number of nitrogens with one attached hydrogen (secondary N) is 1. The predicted octanol–water partition coefficient (Wildman–Crippen LogP) is 2.52. The Morgan fingerprint density at radius 3 is 3.00 bits per heavy atom. The molecule has 0 saturated carbocycles. The summed E-state index contributed by atoms with van der Waals surface area (Å²) in [7, 11) is 0. The van der Waals surface area contributed by atoms with Crippen molar-refractivity contribution in [2.24, 2.45) is 0 Å². The predicted molar refractivity (Wildman–Crippen MR) is 104 cm³/mol. The van der Waals surface area contributed by atoms with Gasteiger partial charge in [0.2, 0.25) is 0 Å². The summed E-state index contributed by atoms with van der Waals surface area (Å²) in [6.45, 7) is 5.02. The lowest BCUT2D eigenvalue weighted by molar-refractivity contribution is -0.137. The molecule has 0 bridgehead atoms. The van der Waals surface area contributed by atoms with Crippen LogP contribution in [0.4, 0.5) is 5.82 Å². The second-order valence-electron chi connectivity index (χ2n) is 6.45. The summed E-state index contributed by atoms with van der Waals surface area (Å²) < 4.78 is 4.85. The molecule has 7 nitrogen and oxygen atoms in total. The molecule has 1 aliphatic heterocycles. The molecule has 0 aliphatic carbocycles. The molecule has 1 atom stereocenters. The van der Waals surface area contributed by atoms with Crippen LogP contribution in [0.15, 0.2) is 42.9 Å². The molecule has 27 heavy (non-hydrogen) atoms. The molecule has 7 heteroatoms. The summed E-state index contributed by atoms with van der Waals surface area (Å²) in [6.07, 6.45) is 10.4. The zero-order valence-corrected chi connectivity index (χ0v) is 15.5. The number of hydrogen-bond donors (Lipinski definition) is 1. The molecular formula is C20H25N5O2. The highest BCUT2D eigenvalue weighted by molar-refractivity contribution is 5.86. The number of piperidine rings is 1. The van der Waals surface area contributed by atoms with Crippen molar-refractivity contribution in [3.63, 3.8) is 0 Å². The Kier molecular flexibility index (Phi) is 6.87. The van der Waals surface area contributed by atoms with E-state index in [9.17, 15) is 4.79 Å². The van der Waals surface area contributed by atoms with Gasteiger partial charge in [-0.1, -0.05) is 6.07 Å². The molecule has 0 aromatic carbocycles. The SMILES string of the molecule is CCOC(=O)C=Cc1cnc(N[C@@H]2CCCN(Cc3ccccn3)C2)cn1. The van der Waals surface area contributed by atoms with E-state index in [-0.39, 0.29) is 5.97 Å². The Labute approximate surface area is 159 Å². The summed E-state index contributed by atoms with van der Waals surface area (Å²) in [5, 5.41) is 3.46. The van der Waals surface area contributed by atoms with E-state index >= 15 is 0 Å². The molecule has 142 valence electrons. The van der Waals surface area contributed by atoms with Gasteiger partial charge in [-0.15, -0.1) is 0 Å². The number of aromatic nitrogens is 3. The van der Waals surface area contributed by atoms with Crippen LogP contribution in [-0.2, 0) is 16.1 Å². The van der Waals surface area contributed by atoms with Crippen molar-refractivity contribution in [1.82, 2.24) is 19.9 Å². The fraction of sp³-hybridized carbons (Fsp3) is 0.400. The molecule has 1 aliphatic rings. The van der Waals surface area contributed by atoms with Crippen molar-refractivity contribution in [3.8, 4) is 0 Å². The number of esters is 1. The first kappa shape index (κ1) is 19.0. The molecule has 0 amide bonds. The van der Waals surface area contributed by atoms with E-state index in [1.165, 1.54) is 6.08 Å². The van der Waals surface area contributed by atoms with Gasteiger partial charge in [0.25, 0.3) is 0 Å². The van der Waals surface area contributed by atoms with Gasteiger partial charge in [-0.2, -0.15) is 0 Å². The number of carbonyl (C=O) groups is 1. The van der Waals surface area contributed by atoms with Gasteiger partial charge in [0.1, 0.15) is 5.82 Å². The third-order valence-corrected chi connectivity index (χ3v) is 4.32. The quantitative estimate of drug-likeness (QED) is 0.595. The van der Waals surface area contributed by atoms with Crippen molar-refractivity contribution >= 4 is 17.9 Å². The lowest BCUT2D eigenvalue weighted by Gasteiger charge is -2.33. The van der Waals surface area contributed by atoms with Crippen LogP contribution in [0.2, 0.25) is 0 Å². The molecule has 3 heterocycles. The van der Waals surface area contributed by atoms with Crippen LogP contribution in [0.3, 0.4) is 0 Å². The van der Waals surface area contributed by atoms with Crippen molar-refractivity contribution in [3.05, 3.63) is 54.3 Å². The molecule has 2 aromatic rings. The molecule has 1 saturated heterocycles. The first-order valence-corrected chi connectivity index (χ1v) is 9.28. The smallest absolute Gasteiger partial charge is 0.330 e. The summed E-state index contributed by atoms with van der Waals surface area (Å²) in [5.74, 6) is 0.365. The topological polar surface area (TPSA) is 80.2 Å². The maximum Gasteiger partial charge on any atom is 0.330 e. The fourth-order valence-corrected chi connectivity index (χ4v) is 3.09. The van der Waals surface area contributed by atoms with Crippen molar-refractivity contribution in [2.45, 2.75) is 32.4 Å². The monoisotopic (exact) mass is 367 g/mol. The first-order valence-electron chi connectivity index (χ1n) is 9.28. The van der Waals surface area contributed by atoms with Crippen molar-refractivity contribution < 1.29 is 9.53 Å². The minimum absolute atomic E-state index is 0.331. The Morgan fingerprint density at radius 2 is 2.26 bits per heavy atom. The summed E-state index contributed by atoms with van der Waals surface area (Å²) in [5.41, 5.74) is 1.71. The van der Waals surface area contributed by atoms with E-state index in [0.717, 1.165) is 44.0 Å². The highest BCUT2D eigenvalue weighted by Gasteiger charge is 2.20. The van der Waals surface area contributed by atoms with Crippen LogP contribution in [0.1, 0.15) is 31.2 Å². The number of ether oxygens (including phenoxy) is 1. The van der Waals surface area contributed by atoms with Gasteiger partial charge in [0.05, 0.1) is 30.4 Å². The Hall–Kier alpha value is -2.80. The standard InChI is InChI=1S/C20H25N5O2/c1-2-27-20(26)9-8-16-12-23-19(13-22-16)24-18-7-5-11-25(15-18)14-17-6-3-4-10-21-17/h3-4,6,8-10,12-13,18H,2,5,7,11,14-15H2,1H3,(H,23,24)/t18-/m1/s1. The average Bonchev–Trinajstić information content (AvgIpc) is 2.69. The van der Waals surface area contributed by atoms with E-state index in [1.54, 1.807) is 25.4 Å². The van der Waals surface area contributed by atoms with E-state index in [1.807, 2.05) is 18.3 Å². The third-order valence-electron chi connectivity index (χ3n) is 4.32. The number of anilines is 1. The summed E-state index contributed by atoms with van der Waals surface area (Å²) >= 11 is 0. The van der Waals surface area contributed by atoms with Gasteiger partial charge < -0.3 is 10.1 Å². The second kappa shape index (κ2) is 9.78. The number of rotatable bonds is 7. The van der Waals surface area contributed by atoms with E-state index in [4.69, 9.17) is 4.74 Å². The summed E-state index contributed by atoms with van der Waals surface area (Å²) in [4.78, 5) is 26.9. The van der Waals surface area contributed by atoms with Crippen LogP contribution in [-0.4, -0.2) is 51.6 Å². The van der Waals surface area contributed by atoms with Crippen molar-refractivity contribution in [1.29, 1.82) is 0 Å². The zero-order chi connectivity index (χ0) is 18.9. The zero-order valence-electron chi connectivity index (χ0n) is 15.5. The molecule has 0 spiro atoms. The number of pyridine rings is 1. The maximum absolute atomic E-state index is 11.3. The van der Waals surface area contributed by atoms with Crippen LogP contribution in [0.25, 0.3) is 6.08 Å². The lowest BCUT2D eigenvalue weighted by atomic mass is 10.1. The van der Waals surface area contributed by atoms with Gasteiger partial charge in [-0.25, -0.2) is 9.78 Å². The molecule has 0 radical (unpaired) electrons. The highest BCUT2D eigenvalue weighted by atomic mass is 16.5. The maximum atomic E-state index is 11.3. The van der Waals surface area contributed by atoms with Crippen LogP contribution in [0, 0.1) is 0 Å². The number of carbonyl (C=O) groups excluding carboxylic acids is 1. The molecular weight excluding hydrogens is 342 g/mol. The van der Waals surface area contributed by atoms with Crippen LogP contribution >= 0.6 is 0 Å². The Bertz CT molecular complexity index is 749. The number of likely N-dealkylation sites (tertiary alicyclic amines) is 1. The highest BCUT2D eigenvalue weighted by Crippen LogP contribution is 2.16. The molecule has 2 aromatic heterocycles. The van der Waals surface area contributed by atoms with Gasteiger partial charge in [0.15, 0.2) is 0 Å². The van der Waals surface area contributed by atoms with Gasteiger partial charge >= 0.3 is 5.97 Å². The van der Waals surface area contributed by atoms with E-state index in [2.05, 4.69) is 31.2 Å². The molecule has 3 rings (SSSR count). The minimum atomic E-state index is -0.378. The molecule has 1 N–H and O–H groups in total. The normalized spacial score (nSPS) is 17.7. The van der Waals surface area contributed by atoms with E-state index < -0.39 is 0 Å². The lowest BCUT2D eigenvalue weighted by Crippen LogP contribution is -2.41. The van der Waals surface area contributed by atoms with Gasteiger partial charge in [0, 0.05) is 31.4 Å². The number of hydrogen-bond acceptors (Lipinski definition) is 7. The first-order chi connectivity index (χ1) is 13.2. The van der Waals surface area contributed by atoms with Gasteiger partial charge in [-0.05, 0) is 44.5 Å². The number of nitrogens with zero attached hydrogens (tertiary/aromatic N) is 4. The average molecular weight is 367 g/mol. The third kappa shape index (κ3) is 6.14. The molecule has 1 fully saturated rings.